The van der Waals surface area contributed by atoms with Crippen LogP contribution in [0.15, 0.2) is 78.9 Å². The van der Waals surface area contributed by atoms with Gasteiger partial charge in [0.25, 0.3) is 0 Å². The van der Waals surface area contributed by atoms with Crippen molar-refractivity contribution in [2.75, 3.05) is 0 Å². The van der Waals surface area contributed by atoms with E-state index in [2.05, 4.69) is 112 Å². The van der Waals surface area contributed by atoms with Gasteiger partial charge in [0, 0.05) is 12.0 Å². The van der Waals surface area contributed by atoms with Crippen LogP contribution in [0.25, 0.3) is 0 Å². The Balaban J connectivity index is 1.81. The van der Waals surface area contributed by atoms with Gasteiger partial charge in [0.05, 0.1) is 6.10 Å². The predicted molar refractivity (Wildman–Crippen MR) is 120 cm³/mol. The lowest BCUT2D eigenvalue weighted by Crippen LogP contribution is -2.54. The van der Waals surface area contributed by atoms with Crippen molar-refractivity contribution >= 4 is 0 Å². The van der Waals surface area contributed by atoms with E-state index in [1.165, 1.54) is 27.8 Å². The molecule has 0 radical (unpaired) electrons. The van der Waals surface area contributed by atoms with Gasteiger partial charge in [-0.15, -0.1) is 0 Å². The van der Waals surface area contributed by atoms with Crippen molar-refractivity contribution in [1.29, 1.82) is 0 Å². The van der Waals surface area contributed by atoms with Gasteiger partial charge >= 0.3 is 0 Å². The Kier molecular flexibility index (Phi) is 5.58. The second kappa shape index (κ2) is 8.14. The average Bonchev–Trinajstić information content (AvgIpc) is 2.76. The van der Waals surface area contributed by atoms with Gasteiger partial charge in [-0.2, -0.15) is 0 Å². The Bertz CT molecular complexity index is 933. The van der Waals surface area contributed by atoms with E-state index >= 15 is 0 Å². The van der Waals surface area contributed by atoms with Crippen molar-refractivity contribution < 1.29 is 4.74 Å². The second-order valence-electron chi connectivity index (χ2n) is 8.39. The quantitative estimate of drug-likeness (QED) is 0.546. The van der Waals surface area contributed by atoms with E-state index in [9.17, 15) is 0 Å². The van der Waals surface area contributed by atoms with Crippen molar-refractivity contribution in [3.63, 3.8) is 0 Å². The lowest BCUT2D eigenvalue weighted by Gasteiger charge is -2.49. The second-order valence-corrected chi connectivity index (χ2v) is 8.39. The molecule has 150 valence electrons. The first kappa shape index (κ1) is 19.9. The Morgan fingerprint density at radius 2 is 1.38 bits per heavy atom. The minimum Gasteiger partial charge on any atom is -0.348 e. The Labute approximate surface area is 174 Å². The zero-order valence-electron chi connectivity index (χ0n) is 17.9. The third-order valence-corrected chi connectivity index (χ3v) is 6.30. The highest BCUT2D eigenvalue weighted by Crippen LogP contribution is 2.47. The summed E-state index contributed by atoms with van der Waals surface area (Å²) in [4.78, 5) is 0. The molecule has 3 aromatic carbocycles. The molecule has 0 bridgehead atoms. The first-order chi connectivity index (χ1) is 14.0. The number of ether oxygens (including phenoxy) is 1. The van der Waals surface area contributed by atoms with E-state index in [4.69, 9.17) is 4.74 Å². The summed E-state index contributed by atoms with van der Waals surface area (Å²) < 4.78 is 6.91. The van der Waals surface area contributed by atoms with Crippen LogP contribution in [0.4, 0.5) is 0 Å². The van der Waals surface area contributed by atoms with Gasteiger partial charge in [0.15, 0.2) is 0 Å². The van der Waals surface area contributed by atoms with E-state index in [1.807, 2.05) is 0 Å². The maximum atomic E-state index is 6.91. The van der Waals surface area contributed by atoms with E-state index in [-0.39, 0.29) is 12.1 Å². The molecule has 2 nitrogen and oxygen atoms in total. The molecule has 2 unspecified atom stereocenters. The largest absolute Gasteiger partial charge is 0.348 e. The van der Waals surface area contributed by atoms with Gasteiger partial charge in [-0.3, -0.25) is 5.32 Å². The number of rotatable bonds is 4. The molecule has 0 aliphatic carbocycles. The number of nitrogens with one attached hydrogen (secondary N) is 1. The first-order valence-electron chi connectivity index (χ1n) is 10.7. The zero-order valence-corrected chi connectivity index (χ0v) is 17.9. The van der Waals surface area contributed by atoms with E-state index in [1.54, 1.807) is 0 Å². The molecule has 0 saturated carbocycles. The topological polar surface area (TPSA) is 21.3 Å². The monoisotopic (exact) mass is 385 g/mol. The standard InChI is InChI=1S/C27H31NO/c1-5-27(24-17-13-20(3)14-18-24)28-25(22-15-11-19(2)12-16-22)21(4)26(29-27)23-9-7-6-8-10-23/h6-18,21,25-26,28H,5H2,1-4H3/t21-,25?,26+,27?/m0/s1. The molecule has 1 aliphatic heterocycles. The summed E-state index contributed by atoms with van der Waals surface area (Å²) >= 11 is 0. The van der Waals surface area contributed by atoms with Crippen molar-refractivity contribution in [3.05, 3.63) is 107 Å². The summed E-state index contributed by atoms with van der Waals surface area (Å²) in [6.45, 7) is 8.77. The molecule has 1 N–H and O–H groups in total. The fourth-order valence-electron chi connectivity index (χ4n) is 4.45. The lowest BCUT2D eigenvalue weighted by atomic mass is 9.81. The highest BCUT2D eigenvalue weighted by Gasteiger charge is 2.46. The summed E-state index contributed by atoms with van der Waals surface area (Å²) in [5.74, 6) is 0.297. The molecule has 29 heavy (non-hydrogen) atoms. The molecule has 1 fully saturated rings. The molecule has 3 aromatic rings. The molecule has 0 aromatic heterocycles. The first-order valence-corrected chi connectivity index (χ1v) is 10.7. The molecular weight excluding hydrogens is 354 g/mol. The SMILES string of the molecule is CCC1(c2ccc(C)cc2)NC(c2ccc(C)cc2)[C@H](C)[C@H](c2ccccc2)O1. The number of aryl methyl sites for hydroxylation is 2. The van der Waals surface area contributed by atoms with Crippen molar-refractivity contribution in [2.45, 2.75) is 52.0 Å². The molecule has 1 saturated heterocycles. The van der Waals surface area contributed by atoms with Gasteiger partial charge in [0.1, 0.15) is 5.72 Å². The summed E-state index contributed by atoms with van der Waals surface area (Å²) in [5, 5.41) is 3.92. The van der Waals surface area contributed by atoms with Crippen LogP contribution in [-0.4, -0.2) is 0 Å². The van der Waals surface area contributed by atoms with Crippen LogP contribution in [0.5, 0.6) is 0 Å². The van der Waals surface area contributed by atoms with Crippen LogP contribution in [0.3, 0.4) is 0 Å². The van der Waals surface area contributed by atoms with Crippen LogP contribution in [-0.2, 0) is 10.5 Å². The fourth-order valence-corrected chi connectivity index (χ4v) is 4.45. The lowest BCUT2D eigenvalue weighted by molar-refractivity contribution is -0.192. The van der Waals surface area contributed by atoms with Gasteiger partial charge in [-0.05, 0) is 37.0 Å². The third-order valence-electron chi connectivity index (χ3n) is 6.30. The van der Waals surface area contributed by atoms with Crippen molar-refractivity contribution in [1.82, 2.24) is 5.32 Å². The average molecular weight is 386 g/mol. The summed E-state index contributed by atoms with van der Waals surface area (Å²) in [6, 6.07) is 28.5. The molecule has 0 spiro atoms. The smallest absolute Gasteiger partial charge is 0.146 e. The van der Waals surface area contributed by atoms with E-state index in [0.717, 1.165) is 6.42 Å². The Hall–Kier alpha value is -2.42. The maximum absolute atomic E-state index is 6.91. The molecule has 4 rings (SSSR count). The van der Waals surface area contributed by atoms with Crippen molar-refractivity contribution in [3.8, 4) is 0 Å². The normalized spacial score (nSPS) is 27.0. The summed E-state index contributed by atoms with van der Waals surface area (Å²) in [7, 11) is 0. The van der Waals surface area contributed by atoms with Crippen LogP contribution in [0.2, 0.25) is 0 Å². The minimum absolute atomic E-state index is 0.0185. The third kappa shape index (κ3) is 3.88. The van der Waals surface area contributed by atoms with Gasteiger partial charge in [-0.1, -0.05) is 104 Å². The van der Waals surface area contributed by atoms with Gasteiger partial charge in [-0.25, -0.2) is 0 Å². The Morgan fingerprint density at radius 1 is 0.793 bits per heavy atom. The summed E-state index contributed by atoms with van der Waals surface area (Å²) in [5.41, 5.74) is 5.78. The van der Waals surface area contributed by atoms with Crippen LogP contribution in [0.1, 0.15) is 60.2 Å². The number of hydrogen-bond donors (Lipinski definition) is 1. The molecule has 1 heterocycles. The molecule has 2 heteroatoms. The fraction of sp³-hybridized carbons (Fsp3) is 0.333. The number of benzene rings is 3. The van der Waals surface area contributed by atoms with E-state index < -0.39 is 5.72 Å². The van der Waals surface area contributed by atoms with Crippen LogP contribution < -0.4 is 5.32 Å². The van der Waals surface area contributed by atoms with Gasteiger partial charge < -0.3 is 4.74 Å². The minimum atomic E-state index is -0.518. The highest BCUT2D eigenvalue weighted by molar-refractivity contribution is 5.32. The van der Waals surface area contributed by atoms with E-state index in [0.29, 0.717) is 5.92 Å². The van der Waals surface area contributed by atoms with Gasteiger partial charge in [0.2, 0.25) is 0 Å². The highest BCUT2D eigenvalue weighted by atomic mass is 16.5. The van der Waals surface area contributed by atoms with Crippen molar-refractivity contribution in [2.24, 2.45) is 5.92 Å². The van der Waals surface area contributed by atoms with Crippen LogP contribution >= 0.6 is 0 Å². The zero-order chi connectivity index (χ0) is 20.4. The Morgan fingerprint density at radius 3 is 1.97 bits per heavy atom. The summed E-state index contributed by atoms with van der Waals surface area (Å²) in [6.07, 6.45) is 0.874. The van der Waals surface area contributed by atoms with Crippen LogP contribution in [0, 0.1) is 19.8 Å². The molecule has 1 aliphatic rings. The predicted octanol–water partition coefficient (Wildman–Crippen LogP) is 6.60. The molecule has 0 amide bonds. The maximum Gasteiger partial charge on any atom is 0.146 e. The molecule has 4 atom stereocenters. The number of hydrogen-bond acceptors (Lipinski definition) is 2. The molecular formula is C27H31NO.